The molecule has 0 saturated heterocycles. The van der Waals surface area contributed by atoms with Crippen LogP contribution in [0.15, 0.2) is 96.8 Å². The lowest BCUT2D eigenvalue weighted by molar-refractivity contribution is 0.101. The molecule has 0 atom stereocenters. The van der Waals surface area contributed by atoms with Gasteiger partial charge in [-0.1, -0.05) is 78.9 Å². The number of fused-ring (bicyclic) bond motifs is 1. The summed E-state index contributed by atoms with van der Waals surface area (Å²) in [5.74, 6) is 1.49. The third-order valence-electron chi connectivity index (χ3n) is 4.82. The average molecular weight is 394 g/mol. The molecule has 0 N–H and O–H groups in total. The minimum Gasteiger partial charge on any atom is -0.489 e. The Morgan fingerprint density at radius 1 is 0.867 bits per heavy atom. The largest absolute Gasteiger partial charge is 0.489 e. The minimum absolute atomic E-state index is 0.110. The molecule has 0 aromatic heterocycles. The molecular weight excluding hydrogens is 372 g/mol. The predicted molar refractivity (Wildman–Crippen MR) is 121 cm³/mol. The van der Waals surface area contributed by atoms with E-state index >= 15 is 0 Å². The smallest absolute Gasteiger partial charge is 0.231 e. The molecular formula is C27H22O3. The van der Waals surface area contributed by atoms with Crippen molar-refractivity contribution in [2.24, 2.45) is 0 Å². The molecule has 0 saturated carbocycles. The number of hydrogen-bond acceptors (Lipinski definition) is 3. The quantitative estimate of drug-likeness (QED) is 0.463. The summed E-state index contributed by atoms with van der Waals surface area (Å²) in [7, 11) is 0. The van der Waals surface area contributed by atoms with Crippen LogP contribution in [0, 0.1) is 6.92 Å². The number of benzene rings is 3. The third-order valence-corrected chi connectivity index (χ3v) is 4.82. The molecule has 148 valence electrons. The maximum absolute atomic E-state index is 12.6. The summed E-state index contributed by atoms with van der Waals surface area (Å²) in [6.07, 6.45) is 9.46. The monoisotopic (exact) mass is 394 g/mol. The van der Waals surface area contributed by atoms with Crippen LogP contribution in [0.3, 0.4) is 0 Å². The van der Waals surface area contributed by atoms with Crippen LogP contribution < -0.4 is 9.47 Å². The van der Waals surface area contributed by atoms with Gasteiger partial charge in [0.05, 0.1) is 5.56 Å². The number of ether oxygens (including phenoxy) is 2. The Bertz CT molecular complexity index is 1120. The second-order valence-electron chi connectivity index (χ2n) is 6.92. The van der Waals surface area contributed by atoms with Gasteiger partial charge in [0.15, 0.2) is 5.76 Å². The van der Waals surface area contributed by atoms with E-state index in [-0.39, 0.29) is 5.78 Å². The van der Waals surface area contributed by atoms with Crippen molar-refractivity contribution < 1.29 is 14.3 Å². The van der Waals surface area contributed by atoms with Crippen molar-refractivity contribution in [2.75, 3.05) is 6.61 Å². The van der Waals surface area contributed by atoms with Crippen molar-refractivity contribution in [1.29, 1.82) is 0 Å². The molecule has 1 aliphatic heterocycles. The van der Waals surface area contributed by atoms with Crippen LogP contribution in [0.2, 0.25) is 0 Å². The number of carbonyl (C=O) groups is 1. The van der Waals surface area contributed by atoms with Gasteiger partial charge in [0.2, 0.25) is 5.78 Å². The van der Waals surface area contributed by atoms with E-state index in [0.717, 1.165) is 16.7 Å². The number of allylic oxidation sites excluding steroid dienone is 3. The Kier molecular flexibility index (Phi) is 5.90. The first-order valence-electron chi connectivity index (χ1n) is 9.86. The van der Waals surface area contributed by atoms with E-state index in [1.807, 2.05) is 98.0 Å². The Balaban J connectivity index is 1.44. The number of hydrogen-bond donors (Lipinski definition) is 0. The van der Waals surface area contributed by atoms with Crippen molar-refractivity contribution in [2.45, 2.75) is 6.92 Å². The first kappa shape index (κ1) is 19.5. The maximum Gasteiger partial charge on any atom is 0.231 e. The first-order chi connectivity index (χ1) is 14.7. The number of rotatable bonds is 6. The molecule has 1 aliphatic rings. The lowest BCUT2D eigenvalue weighted by Crippen LogP contribution is -1.97. The molecule has 0 aliphatic carbocycles. The van der Waals surface area contributed by atoms with E-state index < -0.39 is 0 Å². The zero-order valence-corrected chi connectivity index (χ0v) is 16.7. The molecule has 0 amide bonds. The minimum atomic E-state index is -0.110. The predicted octanol–water partition coefficient (Wildman–Crippen LogP) is 6.26. The summed E-state index contributed by atoms with van der Waals surface area (Å²) < 4.78 is 11.7. The zero-order chi connectivity index (χ0) is 20.8. The molecule has 0 spiro atoms. The fourth-order valence-electron chi connectivity index (χ4n) is 3.24. The SMILES string of the molecule is Cc1c(OC/C=C/c2ccccc2)ccc2c1O/C(=C\C=C\c1ccccc1)C2=O. The van der Waals surface area contributed by atoms with Crippen molar-refractivity contribution in [1.82, 2.24) is 0 Å². The van der Waals surface area contributed by atoms with E-state index in [0.29, 0.717) is 29.4 Å². The van der Waals surface area contributed by atoms with Gasteiger partial charge < -0.3 is 9.47 Å². The van der Waals surface area contributed by atoms with Gasteiger partial charge >= 0.3 is 0 Å². The Hall–Kier alpha value is -3.85. The van der Waals surface area contributed by atoms with Gasteiger partial charge in [-0.25, -0.2) is 0 Å². The fraction of sp³-hybridized carbons (Fsp3) is 0.0741. The fourth-order valence-corrected chi connectivity index (χ4v) is 3.24. The second-order valence-corrected chi connectivity index (χ2v) is 6.92. The normalized spacial score (nSPS) is 14.4. The van der Waals surface area contributed by atoms with Crippen molar-refractivity contribution in [3.8, 4) is 11.5 Å². The highest BCUT2D eigenvalue weighted by molar-refractivity contribution is 6.12. The van der Waals surface area contributed by atoms with E-state index in [1.54, 1.807) is 12.1 Å². The third kappa shape index (κ3) is 4.41. The van der Waals surface area contributed by atoms with Gasteiger partial charge in [-0.15, -0.1) is 0 Å². The van der Waals surface area contributed by atoms with Gasteiger partial charge in [-0.05, 0) is 42.3 Å². The summed E-state index contributed by atoms with van der Waals surface area (Å²) in [6.45, 7) is 2.34. The molecule has 3 heteroatoms. The van der Waals surface area contributed by atoms with Crippen LogP contribution in [0.25, 0.3) is 12.2 Å². The molecule has 0 bridgehead atoms. The highest BCUT2D eigenvalue weighted by Crippen LogP contribution is 2.38. The van der Waals surface area contributed by atoms with E-state index in [9.17, 15) is 4.79 Å². The van der Waals surface area contributed by atoms with Crippen LogP contribution in [0.1, 0.15) is 27.0 Å². The molecule has 3 nitrogen and oxygen atoms in total. The standard InChI is InChI=1S/C27H22O3/c1-20-24(29-19-9-15-22-12-6-3-7-13-22)18-17-23-26(28)25(30-27(20)23)16-8-14-21-10-4-2-5-11-21/h2-18H,19H2,1H3/b14-8+,15-9+,25-16-. The highest BCUT2D eigenvalue weighted by Gasteiger charge is 2.29. The lowest BCUT2D eigenvalue weighted by atomic mass is 10.1. The van der Waals surface area contributed by atoms with Crippen molar-refractivity contribution in [3.63, 3.8) is 0 Å². The summed E-state index contributed by atoms with van der Waals surface area (Å²) in [5, 5.41) is 0. The van der Waals surface area contributed by atoms with E-state index in [1.165, 1.54) is 0 Å². The number of Topliss-reactive ketones (excluding diaryl/α,β-unsaturated/α-hetero) is 1. The van der Waals surface area contributed by atoms with Gasteiger partial charge in [0.25, 0.3) is 0 Å². The van der Waals surface area contributed by atoms with E-state index in [2.05, 4.69) is 0 Å². The Morgan fingerprint density at radius 2 is 1.53 bits per heavy atom. The molecule has 4 rings (SSSR count). The van der Waals surface area contributed by atoms with Gasteiger partial charge in [-0.2, -0.15) is 0 Å². The zero-order valence-electron chi connectivity index (χ0n) is 16.7. The molecule has 1 heterocycles. The summed E-state index contributed by atoms with van der Waals surface area (Å²) in [6, 6.07) is 23.6. The first-order valence-corrected chi connectivity index (χ1v) is 9.86. The van der Waals surface area contributed by atoms with Crippen molar-refractivity contribution in [3.05, 3.63) is 119 Å². The van der Waals surface area contributed by atoms with Crippen LogP contribution in [-0.4, -0.2) is 12.4 Å². The number of ketones is 1. The molecule has 0 radical (unpaired) electrons. The van der Waals surface area contributed by atoms with Crippen LogP contribution in [0.4, 0.5) is 0 Å². The maximum atomic E-state index is 12.6. The van der Waals surface area contributed by atoms with Gasteiger partial charge in [-0.3, -0.25) is 4.79 Å². The molecule has 30 heavy (non-hydrogen) atoms. The molecule has 3 aromatic carbocycles. The average Bonchev–Trinajstić information content (AvgIpc) is 3.10. The van der Waals surface area contributed by atoms with E-state index in [4.69, 9.17) is 9.47 Å². The van der Waals surface area contributed by atoms with Crippen molar-refractivity contribution >= 4 is 17.9 Å². The van der Waals surface area contributed by atoms with Gasteiger partial charge in [0.1, 0.15) is 18.1 Å². The lowest BCUT2D eigenvalue weighted by Gasteiger charge is -2.09. The number of carbonyl (C=O) groups excluding carboxylic acids is 1. The summed E-state index contributed by atoms with van der Waals surface area (Å²) in [5.41, 5.74) is 3.58. The Morgan fingerprint density at radius 3 is 2.23 bits per heavy atom. The second kappa shape index (κ2) is 9.10. The Labute approximate surface area is 176 Å². The van der Waals surface area contributed by atoms with Crippen LogP contribution in [-0.2, 0) is 0 Å². The van der Waals surface area contributed by atoms with Crippen LogP contribution in [0.5, 0.6) is 11.5 Å². The summed E-state index contributed by atoms with van der Waals surface area (Å²) >= 11 is 0. The topological polar surface area (TPSA) is 35.5 Å². The highest BCUT2D eigenvalue weighted by atomic mass is 16.5. The summed E-state index contributed by atoms with van der Waals surface area (Å²) in [4.78, 5) is 12.6. The molecule has 0 unspecified atom stereocenters. The molecule has 3 aromatic rings. The van der Waals surface area contributed by atoms with Crippen LogP contribution >= 0.6 is 0 Å². The molecule has 0 fully saturated rings. The van der Waals surface area contributed by atoms with Gasteiger partial charge in [0, 0.05) is 5.56 Å².